The largest absolute Gasteiger partial charge is 0.373 e. The van der Waals surface area contributed by atoms with Crippen molar-refractivity contribution in [1.29, 1.82) is 0 Å². The van der Waals surface area contributed by atoms with Crippen LogP contribution in [0.5, 0.6) is 0 Å². The van der Waals surface area contributed by atoms with Gasteiger partial charge in [-0.05, 0) is 18.4 Å². The van der Waals surface area contributed by atoms with E-state index >= 15 is 0 Å². The Morgan fingerprint density at radius 2 is 2.20 bits per heavy atom. The average molecular weight is 298 g/mol. The van der Waals surface area contributed by atoms with Crippen LogP contribution in [0.2, 0.25) is 0 Å². The molecule has 0 aliphatic rings. The monoisotopic (exact) mass is 298 g/mol. The maximum atomic E-state index is 12.6. The van der Waals surface area contributed by atoms with Crippen molar-refractivity contribution in [2.24, 2.45) is 12.9 Å². The number of hydrogen-bond donors (Lipinski definition) is 2. The molecule has 0 bridgehead atoms. The topological polar surface area (TPSA) is 65.1 Å². The third-order valence-corrected chi connectivity index (χ3v) is 2.71. The molecule has 1 aromatic rings. The van der Waals surface area contributed by atoms with Crippen molar-refractivity contribution in [2.45, 2.75) is 31.2 Å². The van der Waals surface area contributed by atoms with Crippen molar-refractivity contribution in [3.8, 4) is 0 Å². The Morgan fingerprint density at radius 1 is 1.50 bits per heavy atom. The van der Waals surface area contributed by atoms with E-state index in [0.29, 0.717) is 12.8 Å². The molecule has 1 aromatic heterocycles. The van der Waals surface area contributed by atoms with Gasteiger partial charge in [0.2, 0.25) is 0 Å². The molecule has 0 aromatic carbocycles. The van der Waals surface area contributed by atoms with E-state index in [9.17, 15) is 17.6 Å². The normalized spacial score (nSPS) is 13.9. The lowest BCUT2D eigenvalue weighted by Crippen LogP contribution is -2.41. The molecule has 0 fully saturated rings. The summed E-state index contributed by atoms with van der Waals surface area (Å²) in [6, 6.07) is -0.399. The first-order chi connectivity index (χ1) is 9.35. The molecular weight excluding hydrogens is 280 g/mol. The van der Waals surface area contributed by atoms with Gasteiger partial charge < -0.3 is 4.74 Å². The van der Waals surface area contributed by atoms with Crippen molar-refractivity contribution < 1.29 is 22.3 Å². The number of nitrogens with two attached hydrogens (primary N) is 1. The molecule has 0 saturated heterocycles. The molecule has 5 nitrogen and oxygen atoms in total. The third kappa shape index (κ3) is 5.43. The Bertz CT molecular complexity index is 400. The van der Waals surface area contributed by atoms with Gasteiger partial charge in [0, 0.05) is 19.3 Å². The molecule has 1 heterocycles. The third-order valence-electron chi connectivity index (χ3n) is 2.71. The highest BCUT2D eigenvalue weighted by molar-refractivity contribution is 5.03. The van der Waals surface area contributed by atoms with E-state index in [1.165, 1.54) is 0 Å². The van der Waals surface area contributed by atoms with Crippen molar-refractivity contribution >= 4 is 0 Å². The molecule has 116 valence electrons. The Hall–Kier alpha value is -1.19. The number of rotatable bonds is 9. The van der Waals surface area contributed by atoms with Crippen LogP contribution in [-0.4, -0.2) is 41.4 Å². The highest BCUT2D eigenvalue weighted by Crippen LogP contribution is 2.22. The van der Waals surface area contributed by atoms with Gasteiger partial charge in [0.15, 0.2) is 0 Å². The van der Waals surface area contributed by atoms with E-state index in [2.05, 4.69) is 15.3 Å². The van der Waals surface area contributed by atoms with Crippen LogP contribution in [0, 0.1) is 0 Å². The van der Waals surface area contributed by atoms with Crippen LogP contribution in [0.25, 0.3) is 0 Å². The standard InChI is InChI=1S/C11H18F4N4O/c1-19-5-8(4-17-19)2-3-9(18-16)6-20-7-11(14,15)10(12)13/h4-5,9-10,18H,2-3,6-7,16H2,1H3. The molecule has 9 heteroatoms. The first kappa shape index (κ1) is 16.9. The van der Waals surface area contributed by atoms with Gasteiger partial charge in [0.25, 0.3) is 0 Å². The Kier molecular flexibility index (Phi) is 6.37. The Labute approximate surface area is 114 Å². The lowest BCUT2D eigenvalue weighted by molar-refractivity contribution is -0.167. The van der Waals surface area contributed by atoms with E-state index < -0.39 is 25.0 Å². The average Bonchev–Trinajstić information content (AvgIpc) is 2.79. The zero-order valence-corrected chi connectivity index (χ0v) is 11.0. The van der Waals surface area contributed by atoms with E-state index in [4.69, 9.17) is 5.84 Å². The molecule has 0 spiro atoms. The highest BCUT2D eigenvalue weighted by Gasteiger charge is 2.41. The van der Waals surface area contributed by atoms with Crippen molar-refractivity contribution in [2.75, 3.05) is 13.2 Å². The second kappa shape index (κ2) is 7.55. The summed E-state index contributed by atoms with van der Waals surface area (Å²) in [6.45, 7) is -1.49. The van der Waals surface area contributed by atoms with Gasteiger partial charge in [-0.25, -0.2) is 8.78 Å². The smallest absolute Gasteiger partial charge is 0.330 e. The van der Waals surface area contributed by atoms with Crippen LogP contribution in [0.4, 0.5) is 17.6 Å². The van der Waals surface area contributed by atoms with Gasteiger partial charge in [-0.15, -0.1) is 0 Å². The van der Waals surface area contributed by atoms with Crippen LogP contribution >= 0.6 is 0 Å². The minimum absolute atomic E-state index is 0.168. The fourth-order valence-electron chi connectivity index (χ4n) is 1.56. The summed E-state index contributed by atoms with van der Waals surface area (Å²) in [5.41, 5.74) is 3.37. The Morgan fingerprint density at radius 3 is 2.70 bits per heavy atom. The second-order valence-electron chi connectivity index (χ2n) is 4.50. The van der Waals surface area contributed by atoms with Crippen molar-refractivity contribution in [1.82, 2.24) is 15.2 Å². The molecule has 1 rings (SSSR count). The summed E-state index contributed by atoms with van der Waals surface area (Å²) < 4.78 is 55.3. The summed E-state index contributed by atoms with van der Waals surface area (Å²) in [4.78, 5) is 0. The molecule has 0 radical (unpaired) electrons. The van der Waals surface area contributed by atoms with Gasteiger partial charge in [0.1, 0.15) is 6.61 Å². The summed E-state index contributed by atoms with van der Waals surface area (Å²) in [5.74, 6) is 1.13. The first-order valence-corrected chi connectivity index (χ1v) is 6.02. The van der Waals surface area contributed by atoms with Crippen LogP contribution < -0.4 is 11.3 Å². The number of ether oxygens (including phenoxy) is 1. The molecule has 3 N–H and O–H groups in total. The summed E-state index contributed by atoms with van der Waals surface area (Å²) >= 11 is 0. The number of hydrogen-bond acceptors (Lipinski definition) is 4. The predicted molar refractivity (Wildman–Crippen MR) is 64.4 cm³/mol. The lowest BCUT2D eigenvalue weighted by Gasteiger charge is -2.19. The minimum Gasteiger partial charge on any atom is -0.373 e. The van der Waals surface area contributed by atoms with E-state index in [-0.39, 0.29) is 6.61 Å². The summed E-state index contributed by atoms with van der Waals surface area (Å²) in [5, 5.41) is 3.99. The fraction of sp³-hybridized carbons (Fsp3) is 0.727. The number of alkyl halides is 4. The molecule has 20 heavy (non-hydrogen) atoms. The van der Waals surface area contributed by atoms with Crippen LogP contribution in [0.15, 0.2) is 12.4 Å². The molecule has 0 amide bonds. The lowest BCUT2D eigenvalue weighted by atomic mass is 10.1. The zero-order valence-electron chi connectivity index (χ0n) is 11.0. The number of nitrogens with zero attached hydrogens (tertiary/aromatic N) is 2. The summed E-state index contributed by atoms with van der Waals surface area (Å²) in [6.07, 6.45) is 0.903. The molecule has 0 aliphatic heterocycles. The SMILES string of the molecule is Cn1cc(CCC(COCC(F)(F)C(F)F)NN)cn1. The van der Waals surface area contributed by atoms with Gasteiger partial charge in [-0.1, -0.05) is 0 Å². The van der Waals surface area contributed by atoms with Crippen LogP contribution in [-0.2, 0) is 18.2 Å². The fourth-order valence-corrected chi connectivity index (χ4v) is 1.56. The second-order valence-corrected chi connectivity index (χ2v) is 4.50. The van der Waals surface area contributed by atoms with Crippen LogP contribution in [0.1, 0.15) is 12.0 Å². The van der Waals surface area contributed by atoms with Gasteiger partial charge >= 0.3 is 12.3 Å². The van der Waals surface area contributed by atoms with Gasteiger partial charge in [-0.2, -0.15) is 13.9 Å². The maximum absolute atomic E-state index is 12.6. The summed E-state index contributed by atoms with van der Waals surface area (Å²) in [7, 11) is 1.78. The quantitative estimate of drug-likeness (QED) is 0.407. The molecule has 0 aliphatic carbocycles. The number of nitrogens with one attached hydrogen (secondary N) is 1. The number of aromatic nitrogens is 2. The molecule has 0 saturated carbocycles. The van der Waals surface area contributed by atoms with E-state index in [1.807, 2.05) is 6.20 Å². The molecular formula is C11H18F4N4O. The number of halogens is 4. The van der Waals surface area contributed by atoms with E-state index in [0.717, 1.165) is 5.56 Å². The predicted octanol–water partition coefficient (Wildman–Crippen LogP) is 1.10. The number of hydrazine groups is 1. The van der Waals surface area contributed by atoms with E-state index in [1.54, 1.807) is 17.9 Å². The first-order valence-electron chi connectivity index (χ1n) is 6.02. The maximum Gasteiger partial charge on any atom is 0.330 e. The molecule has 1 unspecified atom stereocenters. The zero-order chi connectivity index (χ0) is 15.2. The Balaban J connectivity index is 2.29. The van der Waals surface area contributed by atoms with Crippen molar-refractivity contribution in [3.63, 3.8) is 0 Å². The molecule has 1 atom stereocenters. The minimum atomic E-state index is -4.14. The van der Waals surface area contributed by atoms with Crippen LogP contribution in [0.3, 0.4) is 0 Å². The van der Waals surface area contributed by atoms with Gasteiger partial charge in [0.05, 0.1) is 12.8 Å². The van der Waals surface area contributed by atoms with Gasteiger partial charge in [-0.3, -0.25) is 16.0 Å². The number of aryl methyl sites for hydroxylation is 2. The highest BCUT2D eigenvalue weighted by atomic mass is 19.3. The van der Waals surface area contributed by atoms with Crippen molar-refractivity contribution in [3.05, 3.63) is 18.0 Å².